The van der Waals surface area contributed by atoms with E-state index in [2.05, 4.69) is 21.2 Å². The Hall–Kier alpha value is -1.82. The number of benzene rings is 1. The van der Waals surface area contributed by atoms with Crippen molar-refractivity contribution in [3.8, 4) is 5.75 Å². The second kappa shape index (κ2) is 7.69. The van der Waals surface area contributed by atoms with Crippen LogP contribution in [0.15, 0.2) is 28.7 Å². The van der Waals surface area contributed by atoms with Crippen LogP contribution in [0, 0.1) is 0 Å². The molecular weight excluding hydrogens is 326 g/mol. The lowest BCUT2D eigenvalue weighted by Crippen LogP contribution is -2.36. The van der Waals surface area contributed by atoms with Gasteiger partial charge in [-0.25, -0.2) is 4.79 Å². The molecule has 20 heavy (non-hydrogen) atoms. The average molecular weight is 342 g/mol. The Morgan fingerprint density at radius 3 is 2.80 bits per heavy atom. The summed E-state index contributed by atoms with van der Waals surface area (Å²) in [6.45, 7) is 3.98. The topological polar surface area (TPSA) is 75.6 Å². The quantitative estimate of drug-likeness (QED) is 0.779. The lowest BCUT2D eigenvalue weighted by atomic mass is 10.2. The summed E-state index contributed by atoms with van der Waals surface area (Å²) < 4.78 is 6.27. The number of rotatable bonds is 6. The van der Waals surface area contributed by atoms with Crippen molar-refractivity contribution < 1.29 is 19.4 Å². The summed E-state index contributed by atoms with van der Waals surface area (Å²) in [4.78, 5) is 22.3. The highest BCUT2D eigenvalue weighted by atomic mass is 79.9. The highest BCUT2D eigenvalue weighted by Gasteiger charge is 2.16. The number of likely N-dealkylation sites (N-methyl/N-ethyl adjacent to an activating group) is 1. The van der Waals surface area contributed by atoms with Gasteiger partial charge in [-0.1, -0.05) is 12.1 Å². The molecule has 1 aromatic rings. The van der Waals surface area contributed by atoms with Crippen molar-refractivity contribution in [2.24, 2.45) is 0 Å². The summed E-state index contributed by atoms with van der Waals surface area (Å²) in [5.74, 6) is -0.840. The van der Waals surface area contributed by atoms with E-state index < -0.39 is 12.1 Å². The number of nitrogens with one attached hydrogen (secondary N) is 1. The monoisotopic (exact) mass is 341 g/mol. The minimum Gasteiger partial charge on any atom is -0.479 e. The number of aliphatic carboxylic acids is 1. The van der Waals surface area contributed by atoms with E-state index in [4.69, 9.17) is 9.84 Å². The molecule has 1 rings (SSSR count). The van der Waals surface area contributed by atoms with Crippen LogP contribution in [-0.4, -0.2) is 29.6 Å². The summed E-state index contributed by atoms with van der Waals surface area (Å²) in [6, 6.07) is 5.23. The van der Waals surface area contributed by atoms with Crippen LogP contribution >= 0.6 is 15.9 Å². The maximum Gasteiger partial charge on any atom is 0.328 e. The number of halogens is 1. The summed E-state index contributed by atoms with van der Waals surface area (Å²) in [5, 5.41) is 11.3. The summed E-state index contributed by atoms with van der Waals surface area (Å²) >= 11 is 3.33. The molecule has 0 fully saturated rings. The molecule has 1 atom stereocenters. The zero-order valence-corrected chi connectivity index (χ0v) is 12.8. The normalized spacial score (nSPS) is 12.2. The fraction of sp³-hybridized carbons (Fsp3) is 0.286. The Balaban J connectivity index is 2.98. The smallest absolute Gasteiger partial charge is 0.328 e. The van der Waals surface area contributed by atoms with E-state index in [0.29, 0.717) is 22.3 Å². The number of hydrogen-bond donors (Lipinski definition) is 2. The SMILES string of the molecule is CCNC(=O)C(C)Oc1c(Br)cccc1C=CC(=O)O. The maximum atomic E-state index is 11.7. The summed E-state index contributed by atoms with van der Waals surface area (Å²) in [6.07, 6.45) is 1.77. The summed E-state index contributed by atoms with van der Waals surface area (Å²) in [7, 11) is 0. The van der Waals surface area contributed by atoms with Gasteiger partial charge in [0.15, 0.2) is 6.10 Å². The molecule has 0 saturated heterocycles. The van der Waals surface area contributed by atoms with Crippen molar-refractivity contribution in [1.29, 1.82) is 0 Å². The number of carbonyl (C=O) groups is 2. The molecular formula is C14H16BrNO4. The van der Waals surface area contributed by atoms with Gasteiger partial charge >= 0.3 is 5.97 Å². The third-order valence-corrected chi connectivity index (χ3v) is 3.04. The van der Waals surface area contributed by atoms with Gasteiger partial charge < -0.3 is 15.2 Å². The van der Waals surface area contributed by atoms with Crippen LogP contribution in [0.3, 0.4) is 0 Å². The van der Waals surface area contributed by atoms with Gasteiger partial charge in [0.25, 0.3) is 5.91 Å². The van der Waals surface area contributed by atoms with Gasteiger partial charge in [-0.15, -0.1) is 0 Å². The second-order valence-electron chi connectivity index (χ2n) is 3.98. The van der Waals surface area contributed by atoms with Crippen LogP contribution < -0.4 is 10.1 Å². The van der Waals surface area contributed by atoms with Gasteiger partial charge in [0.2, 0.25) is 0 Å². The second-order valence-corrected chi connectivity index (χ2v) is 4.84. The Morgan fingerprint density at radius 1 is 1.50 bits per heavy atom. The van der Waals surface area contributed by atoms with E-state index in [1.807, 2.05) is 6.92 Å². The molecule has 6 heteroatoms. The van der Waals surface area contributed by atoms with Gasteiger partial charge in [0, 0.05) is 18.2 Å². The Kier molecular flexibility index (Phi) is 6.24. The van der Waals surface area contributed by atoms with E-state index in [-0.39, 0.29) is 5.91 Å². The van der Waals surface area contributed by atoms with E-state index in [1.54, 1.807) is 25.1 Å². The van der Waals surface area contributed by atoms with Crippen LogP contribution in [0.2, 0.25) is 0 Å². The lowest BCUT2D eigenvalue weighted by molar-refractivity contribution is -0.131. The first-order chi connectivity index (χ1) is 9.45. The van der Waals surface area contributed by atoms with Crippen LogP contribution in [0.5, 0.6) is 5.75 Å². The first-order valence-corrected chi connectivity index (χ1v) is 6.89. The molecule has 0 heterocycles. The fourth-order valence-corrected chi connectivity index (χ4v) is 1.97. The van der Waals surface area contributed by atoms with Crippen molar-refractivity contribution in [1.82, 2.24) is 5.32 Å². The highest BCUT2D eigenvalue weighted by Crippen LogP contribution is 2.31. The molecule has 0 aliphatic heterocycles. The van der Waals surface area contributed by atoms with Gasteiger partial charge in [0.1, 0.15) is 5.75 Å². The molecule has 108 valence electrons. The Morgan fingerprint density at radius 2 is 2.20 bits per heavy atom. The van der Waals surface area contributed by atoms with E-state index in [0.717, 1.165) is 6.08 Å². The molecule has 0 bridgehead atoms. The van der Waals surface area contributed by atoms with E-state index >= 15 is 0 Å². The molecule has 0 aromatic heterocycles. The number of carboxylic acids is 1. The Labute approximate surface area is 125 Å². The van der Waals surface area contributed by atoms with Crippen LogP contribution in [0.1, 0.15) is 19.4 Å². The van der Waals surface area contributed by atoms with Crippen molar-refractivity contribution >= 4 is 33.9 Å². The van der Waals surface area contributed by atoms with Gasteiger partial charge in [0.05, 0.1) is 4.47 Å². The standard InChI is InChI=1S/C14H16BrNO4/c1-3-16-14(19)9(2)20-13-10(7-8-12(17)18)5-4-6-11(13)15/h4-9H,3H2,1-2H3,(H,16,19)(H,17,18). The molecule has 1 aromatic carbocycles. The molecule has 1 amide bonds. The average Bonchev–Trinajstić information content (AvgIpc) is 2.39. The van der Waals surface area contributed by atoms with E-state index in [9.17, 15) is 9.59 Å². The van der Waals surface area contributed by atoms with Crippen LogP contribution in [0.4, 0.5) is 0 Å². The first kappa shape index (κ1) is 16.2. The number of ether oxygens (including phenoxy) is 1. The molecule has 0 spiro atoms. The van der Waals surface area contributed by atoms with Crippen molar-refractivity contribution in [3.63, 3.8) is 0 Å². The molecule has 0 radical (unpaired) electrons. The molecule has 0 aliphatic rings. The zero-order valence-electron chi connectivity index (χ0n) is 11.2. The predicted molar refractivity (Wildman–Crippen MR) is 79.6 cm³/mol. The van der Waals surface area contributed by atoms with E-state index in [1.165, 1.54) is 6.08 Å². The minimum atomic E-state index is -1.05. The number of para-hydroxylation sites is 1. The molecule has 2 N–H and O–H groups in total. The summed E-state index contributed by atoms with van der Waals surface area (Å²) in [5.41, 5.74) is 0.581. The molecule has 5 nitrogen and oxygen atoms in total. The third kappa shape index (κ3) is 4.70. The van der Waals surface area contributed by atoms with Gasteiger partial charge in [-0.2, -0.15) is 0 Å². The number of hydrogen-bond acceptors (Lipinski definition) is 3. The Bertz CT molecular complexity index is 528. The van der Waals surface area contributed by atoms with Gasteiger partial charge in [-0.05, 0) is 41.9 Å². The fourth-order valence-electron chi connectivity index (χ4n) is 1.49. The maximum absolute atomic E-state index is 11.7. The molecule has 0 saturated carbocycles. The molecule has 1 unspecified atom stereocenters. The van der Waals surface area contributed by atoms with Gasteiger partial charge in [-0.3, -0.25) is 4.79 Å². The minimum absolute atomic E-state index is 0.226. The van der Waals surface area contributed by atoms with Crippen molar-refractivity contribution in [2.45, 2.75) is 20.0 Å². The number of carbonyl (C=O) groups excluding carboxylic acids is 1. The first-order valence-electron chi connectivity index (χ1n) is 6.09. The molecule has 0 aliphatic carbocycles. The van der Waals surface area contributed by atoms with Crippen molar-refractivity contribution in [3.05, 3.63) is 34.3 Å². The third-order valence-electron chi connectivity index (χ3n) is 2.42. The van der Waals surface area contributed by atoms with Crippen LogP contribution in [-0.2, 0) is 9.59 Å². The van der Waals surface area contributed by atoms with Crippen molar-refractivity contribution in [2.75, 3.05) is 6.54 Å². The van der Waals surface area contributed by atoms with Crippen LogP contribution in [0.25, 0.3) is 6.08 Å². The number of carboxylic acid groups (broad SMARTS) is 1. The lowest BCUT2D eigenvalue weighted by Gasteiger charge is -2.17. The largest absolute Gasteiger partial charge is 0.479 e. The highest BCUT2D eigenvalue weighted by molar-refractivity contribution is 9.10. The number of amides is 1. The zero-order chi connectivity index (χ0) is 15.1. The predicted octanol–water partition coefficient (Wildman–Crippen LogP) is 2.45.